The van der Waals surface area contributed by atoms with Crippen LogP contribution < -0.4 is 10.2 Å². The van der Waals surface area contributed by atoms with Crippen LogP contribution in [0.1, 0.15) is 18.1 Å². The van der Waals surface area contributed by atoms with Gasteiger partial charge in [0.2, 0.25) is 0 Å². The number of ether oxygens (including phenoxy) is 1. The van der Waals surface area contributed by atoms with Gasteiger partial charge in [0.15, 0.2) is 6.61 Å². The molecule has 0 aliphatic carbocycles. The summed E-state index contributed by atoms with van der Waals surface area (Å²) in [4.78, 5) is 12.1. The SMILES string of the molecule is C/C(=N/NC(=O)COc1c(C)cc(Br)cc1Br)c1ccc2ccccc2c1. The quantitative estimate of drug-likeness (QED) is 0.375. The molecular weight excluding hydrogens is 472 g/mol. The van der Waals surface area contributed by atoms with Gasteiger partial charge in [-0.05, 0) is 69.9 Å². The van der Waals surface area contributed by atoms with E-state index in [-0.39, 0.29) is 12.5 Å². The molecule has 4 nitrogen and oxygen atoms in total. The number of nitrogens with one attached hydrogen (secondary N) is 1. The van der Waals surface area contributed by atoms with Gasteiger partial charge in [-0.3, -0.25) is 4.79 Å². The van der Waals surface area contributed by atoms with Crippen molar-refractivity contribution < 1.29 is 9.53 Å². The van der Waals surface area contributed by atoms with Crippen LogP contribution in [0.4, 0.5) is 0 Å². The summed E-state index contributed by atoms with van der Waals surface area (Å²) in [6, 6.07) is 18.0. The number of halogens is 2. The van der Waals surface area contributed by atoms with Gasteiger partial charge in [-0.2, -0.15) is 5.10 Å². The molecular formula is C21H18Br2N2O2. The Balaban J connectivity index is 1.63. The van der Waals surface area contributed by atoms with E-state index in [2.05, 4.69) is 60.6 Å². The molecule has 0 aliphatic heterocycles. The van der Waals surface area contributed by atoms with Gasteiger partial charge in [-0.15, -0.1) is 0 Å². The van der Waals surface area contributed by atoms with Crippen molar-refractivity contribution >= 4 is 54.3 Å². The van der Waals surface area contributed by atoms with Gasteiger partial charge in [-0.25, -0.2) is 5.43 Å². The minimum absolute atomic E-state index is 0.116. The average molecular weight is 490 g/mol. The first-order chi connectivity index (χ1) is 12.9. The van der Waals surface area contributed by atoms with Crippen LogP contribution in [0.15, 0.2) is 68.6 Å². The van der Waals surface area contributed by atoms with Crippen molar-refractivity contribution in [2.45, 2.75) is 13.8 Å². The van der Waals surface area contributed by atoms with E-state index in [4.69, 9.17) is 4.74 Å². The molecule has 0 saturated carbocycles. The van der Waals surface area contributed by atoms with E-state index in [1.165, 1.54) is 5.39 Å². The van der Waals surface area contributed by atoms with Crippen molar-refractivity contribution in [3.05, 3.63) is 74.7 Å². The molecule has 3 aromatic carbocycles. The molecule has 0 heterocycles. The largest absolute Gasteiger partial charge is 0.482 e. The highest BCUT2D eigenvalue weighted by molar-refractivity contribution is 9.11. The number of carbonyl (C=O) groups is 1. The predicted octanol–water partition coefficient (Wildman–Crippen LogP) is 5.59. The molecule has 27 heavy (non-hydrogen) atoms. The lowest BCUT2D eigenvalue weighted by Gasteiger charge is -2.11. The minimum Gasteiger partial charge on any atom is -0.482 e. The second kappa shape index (κ2) is 8.67. The van der Waals surface area contributed by atoms with Crippen molar-refractivity contribution in [2.24, 2.45) is 5.10 Å². The van der Waals surface area contributed by atoms with E-state index < -0.39 is 0 Å². The zero-order chi connectivity index (χ0) is 19.4. The fourth-order valence-corrected chi connectivity index (χ4v) is 4.22. The summed E-state index contributed by atoms with van der Waals surface area (Å²) in [6.45, 7) is 3.67. The first kappa shape index (κ1) is 19.6. The maximum absolute atomic E-state index is 12.1. The topological polar surface area (TPSA) is 50.7 Å². The fourth-order valence-electron chi connectivity index (χ4n) is 2.67. The van der Waals surface area contributed by atoms with Crippen LogP contribution in [0.25, 0.3) is 10.8 Å². The molecule has 0 saturated heterocycles. The lowest BCUT2D eigenvalue weighted by Crippen LogP contribution is -2.25. The first-order valence-corrected chi connectivity index (χ1v) is 9.93. The zero-order valence-electron chi connectivity index (χ0n) is 14.9. The molecule has 3 rings (SSSR count). The lowest BCUT2D eigenvalue weighted by atomic mass is 10.0. The highest BCUT2D eigenvalue weighted by Crippen LogP contribution is 2.32. The molecule has 6 heteroatoms. The maximum atomic E-state index is 12.1. The third kappa shape index (κ3) is 4.96. The molecule has 0 radical (unpaired) electrons. The number of rotatable bonds is 5. The summed E-state index contributed by atoms with van der Waals surface area (Å²) in [5.74, 6) is 0.327. The summed E-state index contributed by atoms with van der Waals surface area (Å²) in [5, 5.41) is 6.49. The van der Waals surface area contributed by atoms with Crippen LogP contribution in [-0.2, 0) is 4.79 Å². The molecule has 0 aromatic heterocycles. The second-order valence-corrected chi connectivity index (χ2v) is 7.89. The van der Waals surface area contributed by atoms with Crippen LogP contribution in [-0.4, -0.2) is 18.2 Å². The van der Waals surface area contributed by atoms with E-state index >= 15 is 0 Å². The Labute approximate surface area is 174 Å². The van der Waals surface area contributed by atoms with E-state index in [1.54, 1.807) is 0 Å². The van der Waals surface area contributed by atoms with Crippen LogP contribution in [0.2, 0.25) is 0 Å². The van der Waals surface area contributed by atoms with Crippen LogP contribution in [0.3, 0.4) is 0 Å². The van der Waals surface area contributed by atoms with Crippen molar-refractivity contribution in [3.63, 3.8) is 0 Å². The molecule has 1 amide bonds. The van der Waals surface area contributed by atoms with Crippen molar-refractivity contribution in [1.29, 1.82) is 0 Å². The number of hydrogen-bond donors (Lipinski definition) is 1. The Morgan fingerprint density at radius 1 is 1.07 bits per heavy atom. The standard InChI is InChI=1S/C21H18Br2N2O2/c1-13-9-18(22)11-19(23)21(13)27-12-20(26)25-24-14(2)16-8-7-15-5-3-4-6-17(15)10-16/h3-11H,12H2,1-2H3,(H,25,26)/b24-14-. The van der Waals surface area contributed by atoms with Crippen LogP contribution >= 0.6 is 31.9 Å². The Morgan fingerprint density at radius 3 is 2.56 bits per heavy atom. The fraction of sp³-hybridized carbons (Fsp3) is 0.143. The smallest absolute Gasteiger partial charge is 0.277 e. The average Bonchev–Trinajstić information content (AvgIpc) is 2.64. The highest BCUT2D eigenvalue weighted by Gasteiger charge is 2.09. The van der Waals surface area contributed by atoms with E-state index in [0.717, 1.165) is 31.2 Å². The van der Waals surface area contributed by atoms with Gasteiger partial charge in [0, 0.05) is 4.47 Å². The summed E-state index contributed by atoms with van der Waals surface area (Å²) >= 11 is 6.87. The van der Waals surface area contributed by atoms with Gasteiger partial charge in [0.1, 0.15) is 5.75 Å². The van der Waals surface area contributed by atoms with Crippen LogP contribution in [0, 0.1) is 6.92 Å². The monoisotopic (exact) mass is 488 g/mol. The van der Waals surface area contributed by atoms with Crippen molar-refractivity contribution in [3.8, 4) is 5.75 Å². The Kier molecular flexibility index (Phi) is 6.29. The predicted molar refractivity (Wildman–Crippen MR) is 116 cm³/mol. The van der Waals surface area contributed by atoms with Crippen molar-refractivity contribution in [2.75, 3.05) is 6.61 Å². The van der Waals surface area contributed by atoms with Gasteiger partial charge in [0.25, 0.3) is 5.91 Å². The summed E-state index contributed by atoms with van der Waals surface area (Å²) in [7, 11) is 0. The van der Waals surface area contributed by atoms with Gasteiger partial charge in [0.05, 0.1) is 10.2 Å². The number of fused-ring (bicyclic) bond motifs is 1. The molecule has 0 aliphatic rings. The summed E-state index contributed by atoms with van der Waals surface area (Å²) in [5.41, 5.74) is 5.17. The molecule has 1 N–H and O–H groups in total. The number of hydrogen-bond acceptors (Lipinski definition) is 3. The van der Waals surface area contributed by atoms with Gasteiger partial charge < -0.3 is 4.74 Å². The van der Waals surface area contributed by atoms with Crippen molar-refractivity contribution in [1.82, 2.24) is 5.43 Å². The number of benzene rings is 3. The van der Waals surface area contributed by atoms with Gasteiger partial charge in [-0.1, -0.05) is 52.3 Å². The lowest BCUT2D eigenvalue weighted by molar-refractivity contribution is -0.123. The Bertz CT molecular complexity index is 1010. The number of amides is 1. The summed E-state index contributed by atoms with van der Waals surface area (Å²) in [6.07, 6.45) is 0. The Hall–Kier alpha value is -2.18. The van der Waals surface area contributed by atoms with Crippen LogP contribution in [0.5, 0.6) is 5.75 Å². The zero-order valence-corrected chi connectivity index (χ0v) is 18.1. The maximum Gasteiger partial charge on any atom is 0.277 e. The van der Waals surface area contributed by atoms with E-state index in [0.29, 0.717) is 5.75 Å². The molecule has 3 aromatic rings. The van der Waals surface area contributed by atoms with E-state index in [9.17, 15) is 4.79 Å². The minimum atomic E-state index is -0.315. The number of aryl methyl sites for hydroxylation is 1. The first-order valence-electron chi connectivity index (χ1n) is 8.35. The number of nitrogens with zero attached hydrogens (tertiary/aromatic N) is 1. The Morgan fingerprint density at radius 2 is 1.81 bits per heavy atom. The molecule has 0 fully saturated rings. The van der Waals surface area contributed by atoms with E-state index in [1.807, 2.05) is 50.2 Å². The number of carbonyl (C=O) groups excluding carboxylic acids is 1. The van der Waals surface area contributed by atoms with Gasteiger partial charge >= 0.3 is 0 Å². The third-order valence-electron chi connectivity index (χ3n) is 4.06. The summed E-state index contributed by atoms with van der Waals surface area (Å²) < 4.78 is 7.36. The highest BCUT2D eigenvalue weighted by atomic mass is 79.9. The molecule has 0 atom stereocenters. The molecule has 0 spiro atoms. The molecule has 0 bridgehead atoms. The number of hydrazone groups is 1. The normalized spacial score (nSPS) is 11.5. The second-order valence-electron chi connectivity index (χ2n) is 6.12. The third-order valence-corrected chi connectivity index (χ3v) is 5.10. The molecule has 0 unspecified atom stereocenters. The molecule has 138 valence electrons.